The molecule has 1 heterocycles. The lowest BCUT2D eigenvalue weighted by Crippen LogP contribution is -2.41. The first-order valence-corrected chi connectivity index (χ1v) is 7.85. The maximum absolute atomic E-state index is 12.3. The Morgan fingerprint density at radius 2 is 2.17 bits per heavy atom. The lowest BCUT2D eigenvalue weighted by Gasteiger charge is -2.26. The van der Waals surface area contributed by atoms with Crippen LogP contribution in [0.25, 0.3) is 0 Å². The summed E-state index contributed by atoms with van der Waals surface area (Å²) in [6.07, 6.45) is 0.974. The molecule has 1 saturated heterocycles. The molecule has 0 unspecified atom stereocenters. The number of benzene rings is 1. The molecule has 2 atom stereocenters. The van der Waals surface area contributed by atoms with Gasteiger partial charge in [0.2, 0.25) is 5.91 Å². The van der Waals surface area contributed by atoms with Gasteiger partial charge in [-0.15, -0.1) is 0 Å². The minimum Gasteiger partial charge on any atom is -0.380 e. The number of rotatable bonds is 7. The van der Waals surface area contributed by atoms with Gasteiger partial charge in [-0.2, -0.15) is 0 Å². The van der Waals surface area contributed by atoms with E-state index >= 15 is 0 Å². The lowest BCUT2D eigenvalue weighted by atomic mass is 10.2. The SMILES string of the molecule is CO[C@H]1C[C@@H](CN(C)C)N(CC(=O)Nc2ccccc2[N+](=O)[O-])C1. The molecule has 1 aromatic rings. The zero-order valence-electron chi connectivity index (χ0n) is 14.3. The topological polar surface area (TPSA) is 88.0 Å². The van der Waals surface area contributed by atoms with E-state index in [4.69, 9.17) is 4.74 Å². The van der Waals surface area contributed by atoms with Crippen LogP contribution in [0.5, 0.6) is 0 Å². The van der Waals surface area contributed by atoms with Crippen molar-refractivity contribution in [2.75, 3.05) is 46.2 Å². The largest absolute Gasteiger partial charge is 0.380 e. The van der Waals surface area contributed by atoms with Crippen molar-refractivity contribution in [3.8, 4) is 0 Å². The van der Waals surface area contributed by atoms with Gasteiger partial charge < -0.3 is 15.0 Å². The predicted octanol–water partition coefficient (Wildman–Crippen LogP) is 1.18. The van der Waals surface area contributed by atoms with Gasteiger partial charge >= 0.3 is 0 Å². The molecule has 1 N–H and O–H groups in total. The highest BCUT2D eigenvalue weighted by atomic mass is 16.6. The molecule has 0 saturated carbocycles. The fourth-order valence-electron chi connectivity index (χ4n) is 3.03. The number of ether oxygens (including phenoxy) is 1. The van der Waals surface area contributed by atoms with Crippen LogP contribution in [0, 0.1) is 10.1 Å². The molecule has 0 radical (unpaired) electrons. The van der Waals surface area contributed by atoms with Crippen LogP contribution in [-0.4, -0.2) is 73.6 Å². The molecular formula is C16H24N4O4. The Bertz CT molecular complexity index is 593. The van der Waals surface area contributed by atoms with E-state index < -0.39 is 4.92 Å². The average Bonchev–Trinajstić information content (AvgIpc) is 2.88. The van der Waals surface area contributed by atoms with Crippen molar-refractivity contribution >= 4 is 17.3 Å². The Morgan fingerprint density at radius 1 is 1.46 bits per heavy atom. The molecule has 0 bridgehead atoms. The molecule has 24 heavy (non-hydrogen) atoms. The Hall–Kier alpha value is -2.03. The maximum Gasteiger partial charge on any atom is 0.292 e. The molecule has 2 rings (SSSR count). The van der Waals surface area contributed by atoms with E-state index in [9.17, 15) is 14.9 Å². The van der Waals surface area contributed by atoms with E-state index in [2.05, 4.69) is 15.1 Å². The van der Waals surface area contributed by atoms with Crippen molar-refractivity contribution in [1.29, 1.82) is 0 Å². The fourth-order valence-corrected chi connectivity index (χ4v) is 3.03. The number of nitrogens with one attached hydrogen (secondary N) is 1. The number of nitro benzene ring substituents is 1. The smallest absolute Gasteiger partial charge is 0.292 e. The summed E-state index contributed by atoms with van der Waals surface area (Å²) >= 11 is 0. The molecule has 0 spiro atoms. The van der Waals surface area contributed by atoms with Crippen LogP contribution in [-0.2, 0) is 9.53 Å². The number of likely N-dealkylation sites (N-methyl/N-ethyl adjacent to an activating group) is 1. The van der Waals surface area contributed by atoms with Crippen LogP contribution in [0.2, 0.25) is 0 Å². The molecule has 132 valence electrons. The number of hydrogen-bond acceptors (Lipinski definition) is 6. The molecule has 1 fully saturated rings. The van der Waals surface area contributed by atoms with Crippen molar-refractivity contribution in [2.24, 2.45) is 0 Å². The summed E-state index contributed by atoms with van der Waals surface area (Å²) in [6.45, 7) is 1.70. The van der Waals surface area contributed by atoms with Gasteiger partial charge in [-0.05, 0) is 26.6 Å². The summed E-state index contributed by atoms with van der Waals surface area (Å²) < 4.78 is 5.42. The fraction of sp³-hybridized carbons (Fsp3) is 0.562. The molecular weight excluding hydrogens is 312 g/mol. The van der Waals surface area contributed by atoms with Crippen molar-refractivity contribution in [3.63, 3.8) is 0 Å². The van der Waals surface area contributed by atoms with E-state index in [1.165, 1.54) is 12.1 Å². The number of hydrogen-bond donors (Lipinski definition) is 1. The van der Waals surface area contributed by atoms with E-state index in [1.807, 2.05) is 14.1 Å². The first-order chi connectivity index (χ1) is 11.4. The number of carbonyl (C=O) groups is 1. The van der Waals surface area contributed by atoms with Gasteiger partial charge in [-0.3, -0.25) is 19.8 Å². The number of methoxy groups -OCH3 is 1. The summed E-state index contributed by atoms with van der Waals surface area (Å²) in [5, 5.41) is 13.7. The lowest BCUT2D eigenvalue weighted by molar-refractivity contribution is -0.383. The Kier molecular flexibility index (Phi) is 6.24. The molecule has 1 amide bonds. The van der Waals surface area contributed by atoms with Crippen LogP contribution in [0.15, 0.2) is 24.3 Å². The normalized spacial score (nSPS) is 21.2. The Morgan fingerprint density at radius 3 is 2.79 bits per heavy atom. The van der Waals surface area contributed by atoms with E-state index in [0.29, 0.717) is 6.54 Å². The van der Waals surface area contributed by atoms with E-state index in [1.54, 1.807) is 19.2 Å². The number of likely N-dealkylation sites (tertiary alicyclic amines) is 1. The third kappa shape index (κ3) is 4.73. The maximum atomic E-state index is 12.3. The van der Waals surface area contributed by atoms with Crippen LogP contribution in [0.3, 0.4) is 0 Å². The standard InChI is InChI=1S/C16H24N4O4/c1-18(2)9-12-8-13(24-3)10-19(12)11-16(21)17-14-6-4-5-7-15(14)20(22)23/h4-7,12-13H,8-11H2,1-3H3,(H,17,21)/t12-,13-/m0/s1. The van der Waals surface area contributed by atoms with Gasteiger partial charge in [0.1, 0.15) is 5.69 Å². The van der Waals surface area contributed by atoms with Gasteiger partial charge in [0.15, 0.2) is 0 Å². The summed E-state index contributed by atoms with van der Waals surface area (Å²) in [5.41, 5.74) is 0.117. The van der Waals surface area contributed by atoms with Gasteiger partial charge in [0.25, 0.3) is 5.69 Å². The van der Waals surface area contributed by atoms with Gasteiger partial charge in [-0.25, -0.2) is 0 Å². The molecule has 0 aliphatic carbocycles. The number of amides is 1. The zero-order chi connectivity index (χ0) is 17.7. The number of nitro groups is 1. The first-order valence-electron chi connectivity index (χ1n) is 7.85. The molecule has 1 aromatic carbocycles. The second-order valence-electron chi connectivity index (χ2n) is 6.26. The second-order valence-corrected chi connectivity index (χ2v) is 6.26. The van der Waals surface area contributed by atoms with Crippen molar-refractivity contribution < 1.29 is 14.5 Å². The molecule has 8 heteroatoms. The minimum atomic E-state index is -0.499. The minimum absolute atomic E-state index is 0.105. The van der Waals surface area contributed by atoms with Crippen LogP contribution in [0.4, 0.5) is 11.4 Å². The van der Waals surface area contributed by atoms with Crippen LogP contribution < -0.4 is 5.32 Å². The highest BCUT2D eigenvalue weighted by Crippen LogP contribution is 2.24. The number of anilines is 1. The monoisotopic (exact) mass is 336 g/mol. The van der Waals surface area contributed by atoms with Gasteiger partial charge in [0, 0.05) is 32.3 Å². The second kappa shape index (κ2) is 8.18. The van der Waals surface area contributed by atoms with Crippen LogP contribution in [0.1, 0.15) is 6.42 Å². The highest BCUT2D eigenvalue weighted by Gasteiger charge is 2.33. The number of nitrogens with zero attached hydrogens (tertiary/aromatic N) is 3. The Labute approximate surface area is 141 Å². The summed E-state index contributed by atoms with van der Waals surface area (Å²) in [7, 11) is 5.66. The highest BCUT2D eigenvalue weighted by molar-refractivity contribution is 5.94. The quantitative estimate of drug-likeness (QED) is 0.594. The average molecular weight is 336 g/mol. The summed E-state index contributed by atoms with van der Waals surface area (Å²) in [6, 6.07) is 6.37. The predicted molar refractivity (Wildman–Crippen MR) is 91.1 cm³/mol. The van der Waals surface area contributed by atoms with Crippen molar-refractivity contribution in [1.82, 2.24) is 9.80 Å². The zero-order valence-corrected chi connectivity index (χ0v) is 14.3. The molecule has 1 aliphatic rings. The third-order valence-corrected chi connectivity index (χ3v) is 4.12. The molecule has 8 nitrogen and oxygen atoms in total. The number of carbonyl (C=O) groups excluding carboxylic acids is 1. The van der Waals surface area contributed by atoms with E-state index in [0.717, 1.165) is 13.0 Å². The first kappa shape index (κ1) is 18.3. The van der Waals surface area contributed by atoms with Crippen molar-refractivity contribution in [2.45, 2.75) is 18.6 Å². The molecule has 0 aromatic heterocycles. The Balaban J connectivity index is 2.02. The van der Waals surface area contributed by atoms with Crippen molar-refractivity contribution in [3.05, 3.63) is 34.4 Å². The van der Waals surface area contributed by atoms with E-state index in [-0.39, 0.29) is 36.0 Å². The van der Waals surface area contributed by atoms with Gasteiger partial charge in [-0.1, -0.05) is 12.1 Å². The molecule has 1 aliphatic heterocycles. The summed E-state index contributed by atoms with van der Waals surface area (Å²) in [5.74, 6) is -0.259. The van der Waals surface area contributed by atoms with Crippen LogP contribution >= 0.6 is 0 Å². The number of para-hydroxylation sites is 2. The third-order valence-electron chi connectivity index (χ3n) is 4.12. The summed E-state index contributed by atoms with van der Waals surface area (Å²) in [4.78, 5) is 27.0. The van der Waals surface area contributed by atoms with Gasteiger partial charge in [0.05, 0.1) is 17.6 Å².